The molecule has 2 fully saturated rings. The number of pyridine rings is 1. The first-order chi connectivity index (χ1) is 11.6. The summed E-state index contributed by atoms with van der Waals surface area (Å²) in [5.41, 5.74) is 4.27. The minimum atomic E-state index is 0.0517. The van der Waals surface area contributed by atoms with E-state index >= 15 is 0 Å². The highest BCUT2D eigenvalue weighted by Gasteiger charge is 2.51. The minimum absolute atomic E-state index is 0.0517. The van der Waals surface area contributed by atoms with Crippen LogP contribution in [0.4, 0.5) is 0 Å². The lowest BCUT2D eigenvalue weighted by Crippen LogP contribution is -2.60. The first kappa shape index (κ1) is 16.1. The Kier molecular flexibility index (Phi) is 4.32. The van der Waals surface area contributed by atoms with Crippen LogP contribution in [0.3, 0.4) is 0 Å². The molecule has 2 aliphatic rings. The van der Waals surface area contributed by atoms with Crippen molar-refractivity contribution in [2.75, 3.05) is 18.8 Å². The van der Waals surface area contributed by atoms with Gasteiger partial charge in [-0.25, -0.2) is 4.98 Å². The zero-order valence-corrected chi connectivity index (χ0v) is 15.1. The van der Waals surface area contributed by atoms with E-state index in [1.807, 2.05) is 47.2 Å². The first-order valence-corrected chi connectivity index (χ1v) is 9.92. The van der Waals surface area contributed by atoms with E-state index < -0.39 is 0 Å². The molecule has 0 aliphatic carbocycles. The molecule has 2 aliphatic heterocycles. The largest absolute Gasteiger partial charge is 0.371 e. The summed E-state index contributed by atoms with van der Waals surface area (Å²) in [6.45, 7) is 4.16. The molecular weight excluding hydrogens is 342 g/mol. The topological polar surface area (TPSA) is 55.3 Å². The highest BCUT2D eigenvalue weighted by Crippen LogP contribution is 2.46. The standard InChI is InChI=1S/C17H19N3O2S2/c1-12-3-2-4-13(19-12)6-22-14-5-17(24-7-14)9-20(10-17)16(21)15-8-23-11-18-15/h2-4,8,11,14H,5-7,9-10H2,1H3. The number of hydrogen-bond donors (Lipinski definition) is 0. The lowest BCUT2D eigenvalue weighted by atomic mass is 9.92. The van der Waals surface area contributed by atoms with Crippen molar-refractivity contribution < 1.29 is 9.53 Å². The molecule has 7 heteroatoms. The zero-order chi connectivity index (χ0) is 16.6. The Morgan fingerprint density at radius 1 is 1.46 bits per heavy atom. The molecule has 0 aromatic carbocycles. The number of thioether (sulfide) groups is 1. The van der Waals surface area contributed by atoms with E-state index in [0.29, 0.717) is 12.3 Å². The summed E-state index contributed by atoms with van der Waals surface area (Å²) in [7, 11) is 0. The Morgan fingerprint density at radius 2 is 2.33 bits per heavy atom. The van der Waals surface area contributed by atoms with Crippen LogP contribution in [-0.2, 0) is 11.3 Å². The highest BCUT2D eigenvalue weighted by molar-refractivity contribution is 8.01. The summed E-state index contributed by atoms with van der Waals surface area (Å²) in [5, 5.41) is 1.82. The maximum Gasteiger partial charge on any atom is 0.273 e. The van der Waals surface area contributed by atoms with Gasteiger partial charge in [-0.15, -0.1) is 23.1 Å². The van der Waals surface area contributed by atoms with Gasteiger partial charge in [0.15, 0.2) is 0 Å². The fourth-order valence-corrected chi connectivity index (χ4v) is 5.36. The summed E-state index contributed by atoms with van der Waals surface area (Å²) in [6, 6.07) is 6.01. The number of rotatable bonds is 4. The Morgan fingerprint density at radius 3 is 3.08 bits per heavy atom. The van der Waals surface area contributed by atoms with Gasteiger partial charge in [-0.3, -0.25) is 9.78 Å². The number of aromatic nitrogens is 2. The molecule has 5 nitrogen and oxygen atoms in total. The second-order valence-electron chi connectivity index (χ2n) is 6.44. The molecular formula is C17H19N3O2S2. The van der Waals surface area contributed by atoms with Crippen LogP contribution in [0.25, 0.3) is 0 Å². The first-order valence-electron chi connectivity index (χ1n) is 7.99. The predicted molar refractivity (Wildman–Crippen MR) is 95.4 cm³/mol. The molecule has 4 heterocycles. The van der Waals surface area contributed by atoms with Crippen molar-refractivity contribution in [2.24, 2.45) is 0 Å². The van der Waals surface area contributed by atoms with E-state index in [1.54, 1.807) is 5.51 Å². The number of carbonyl (C=O) groups excluding carboxylic acids is 1. The van der Waals surface area contributed by atoms with Crippen LogP contribution in [0.15, 0.2) is 29.1 Å². The Balaban J connectivity index is 1.28. The van der Waals surface area contributed by atoms with E-state index in [2.05, 4.69) is 9.97 Å². The molecule has 2 aromatic heterocycles. The van der Waals surface area contributed by atoms with E-state index in [1.165, 1.54) is 11.3 Å². The van der Waals surface area contributed by atoms with Gasteiger partial charge in [0.25, 0.3) is 5.91 Å². The van der Waals surface area contributed by atoms with Gasteiger partial charge in [0.05, 0.1) is 28.7 Å². The number of nitrogens with zero attached hydrogens (tertiary/aromatic N) is 3. The average molecular weight is 361 g/mol. The van der Waals surface area contributed by atoms with Gasteiger partial charge in [0.1, 0.15) is 5.69 Å². The number of aryl methyl sites for hydroxylation is 1. The summed E-state index contributed by atoms with van der Waals surface area (Å²) in [6.07, 6.45) is 1.25. The molecule has 0 radical (unpaired) electrons. The second-order valence-corrected chi connectivity index (χ2v) is 8.64. The molecule has 2 saturated heterocycles. The van der Waals surface area contributed by atoms with Gasteiger partial charge in [-0.05, 0) is 25.5 Å². The van der Waals surface area contributed by atoms with Crippen molar-refractivity contribution in [3.8, 4) is 0 Å². The third kappa shape index (κ3) is 3.20. The fourth-order valence-electron chi connectivity index (χ4n) is 3.29. The summed E-state index contributed by atoms with van der Waals surface area (Å²) in [4.78, 5) is 22.8. The Bertz CT molecular complexity index is 729. The number of ether oxygens (including phenoxy) is 1. The Hall–Kier alpha value is -1.44. The van der Waals surface area contributed by atoms with Gasteiger partial charge < -0.3 is 9.64 Å². The van der Waals surface area contributed by atoms with Crippen molar-refractivity contribution >= 4 is 29.0 Å². The van der Waals surface area contributed by atoms with Crippen molar-refractivity contribution in [1.82, 2.24) is 14.9 Å². The van der Waals surface area contributed by atoms with Crippen LogP contribution in [0.1, 0.15) is 28.3 Å². The van der Waals surface area contributed by atoms with E-state index in [9.17, 15) is 4.79 Å². The summed E-state index contributed by atoms with van der Waals surface area (Å²) in [5.74, 6) is 1.04. The molecule has 0 N–H and O–H groups in total. The molecule has 0 saturated carbocycles. The molecule has 1 amide bonds. The smallest absolute Gasteiger partial charge is 0.273 e. The second kappa shape index (κ2) is 6.46. The van der Waals surface area contributed by atoms with Crippen LogP contribution in [0, 0.1) is 6.92 Å². The SMILES string of the molecule is Cc1cccc(COC2CSC3(C2)CN(C(=O)c2cscn2)C3)n1. The van der Waals surface area contributed by atoms with Gasteiger partial charge in [-0.1, -0.05) is 6.07 Å². The maximum absolute atomic E-state index is 12.3. The quantitative estimate of drug-likeness (QED) is 0.838. The van der Waals surface area contributed by atoms with Crippen molar-refractivity contribution in [1.29, 1.82) is 0 Å². The number of thiazole rings is 1. The average Bonchev–Trinajstić information content (AvgIpc) is 3.21. The minimum Gasteiger partial charge on any atom is -0.371 e. The van der Waals surface area contributed by atoms with E-state index in [4.69, 9.17) is 4.74 Å². The summed E-state index contributed by atoms with van der Waals surface area (Å²) < 4.78 is 6.22. The molecule has 1 spiro atoms. The third-order valence-corrected chi connectivity index (χ3v) is 6.65. The fraction of sp³-hybridized carbons (Fsp3) is 0.471. The number of amides is 1. The van der Waals surface area contributed by atoms with Crippen LogP contribution < -0.4 is 0 Å². The van der Waals surface area contributed by atoms with E-state index in [-0.39, 0.29) is 16.8 Å². The highest BCUT2D eigenvalue weighted by atomic mass is 32.2. The lowest BCUT2D eigenvalue weighted by Gasteiger charge is -2.47. The van der Waals surface area contributed by atoms with Gasteiger partial charge >= 0.3 is 0 Å². The normalized spacial score (nSPS) is 21.9. The molecule has 1 unspecified atom stereocenters. The lowest BCUT2D eigenvalue weighted by molar-refractivity contribution is 0.0243. The molecule has 4 rings (SSSR count). The number of hydrogen-bond acceptors (Lipinski definition) is 6. The van der Waals surface area contributed by atoms with Crippen molar-refractivity contribution in [3.63, 3.8) is 0 Å². The summed E-state index contributed by atoms with van der Waals surface area (Å²) >= 11 is 3.40. The molecule has 24 heavy (non-hydrogen) atoms. The van der Waals surface area contributed by atoms with Gasteiger partial charge in [0.2, 0.25) is 0 Å². The monoisotopic (exact) mass is 361 g/mol. The van der Waals surface area contributed by atoms with Crippen LogP contribution in [0.5, 0.6) is 0 Å². The number of likely N-dealkylation sites (tertiary alicyclic amines) is 1. The molecule has 126 valence electrons. The van der Waals surface area contributed by atoms with Gasteiger partial charge in [0, 0.05) is 29.9 Å². The maximum atomic E-state index is 12.3. The van der Waals surface area contributed by atoms with Crippen molar-refractivity contribution in [3.05, 3.63) is 46.2 Å². The predicted octanol–water partition coefficient (Wildman–Crippen LogP) is 2.76. The van der Waals surface area contributed by atoms with Gasteiger partial charge in [-0.2, -0.15) is 0 Å². The Labute approximate surface area is 149 Å². The van der Waals surface area contributed by atoms with Crippen molar-refractivity contribution in [2.45, 2.75) is 30.8 Å². The molecule has 0 bridgehead atoms. The van der Waals surface area contributed by atoms with Crippen LogP contribution in [0.2, 0.25) is 0 Å². The van der Waals surface area contributed by atoms with Crippen LogP contribution in [-0.4, -0.2) is 50.5 Å². The molecule has 1 atom stereocenters. The zero-order valence-electron chi connectivity index (χ0n) is 13.5. The van der Waals surface area contributed by atoms with Crippen LogP contribution >= 0.6 is 23.1 Å². The van der Waals surface area contributed by atoms with E-state index in [0.717, 1.165) is 36.7 Å². The number of carbonyl (C=O) groups is 1. The molecule has 2 aromatic rings. The third-order valence-electron chi connectivity index (χ3n) is 4.48.